The number of halogens is 1. The first-order chi connectivity index (χ1) is 12.5. The molecule has 26 heavy (non-hydrogen) atoms. The number of nitrogens with zero attached hydrogens (tertiary/aromatic N) is 2. The number of nitriles is 1. The zero-order valence-electron chi connectivity index (χ0n) is 14.3. The third kappa shape index (κ3) is 3.74. The first kappa shape index (κ1) is 18.4. The number of thiophene rings is 1. The average Bonchev–Trinajstić information content (AvgIpc) is 2.97. The zero-order valence-corrected chi connectivity index (χ0v) is 15.9. The molecule has 2 amide bonds. The smallest absolute Gasteiger partial charge is 0.264 e. The third-order valence-corrected chi connectivity index (χ3v) is 5.84. The van der Waals surface area contributed by atoms with E-state index in [1.54, 1.807) is 31.2 Å². The van der Waals surface area contributed by atoms with E-state index in [2.05, 4.69) is 11.4 Å². The van der Waals surface area contributed by atoms with Crippen molar-refractivity contribution in [2.45, 2.75) is 26.2 Å². The lowest BCUT2D eigenvalue weighted by molar-refractivity contribution is 0.0728. The Kier molecular flexibility index (Phi) is 5.60. The molecule has 3 rings (SSSR count). The minimum Gasteiger partial charge on any atom is -0.338 e. The molecule has 0 aliphatic carbocycles. The van der Waals surface area contributed by atoms with Crippen LogP contribution in [-0.2, 0) is 0 Å². The highest BCUT2D eigenvalue weighted by molar-refractivity contribution is 7.18. The van der Waals surface area contributed by atoms with Gasteiger partial charge < -0.3 is 10.2 Å². The summed E-state index contributed by atoms with van der Waals surface area (Å²) in [5.41, 5.74) is 1.36. The molecule has 2 aromatic rings. The van der Waals surface area contributed by atoms with E-state index in [1.807, 2.05) is 4.90 Å². The normalized spacial score (nSPS) is 14.0. The van der Waals surface area contributed by atoms with Gasteiger partial charge in [-0.05, 0) is 49.9 Å². The van der Waals surface area contributed by atoms with E-state index in [1.165, 1.54) is 0 Å². The topological polar surface area (TPSA) is 73.2 Å². The Morgan fingerprint density at radius 1 is 1.27 bits per heavy atom. The van der Waals surface area contributed by atoms with Crippen LogP contribution >= 0.6 is 22.9 Å². The second kappa shape index (κ2) is 7.90. The van der Waals surface area contributed by atoms with Crippen LogP contribution in [0.1, 0.15) is 50.4 Å². The van der Waals surface area contributed by atoms with E-state index in [4.69, 9.17) is 11.6 Å². The van der Waals surface area contributed by atoms with Crippen molar-refractivity contribution >= 4 is 39.8 Å². The molecule has 0 atom stereocenters. The summed E-state index contributed by atoms with van der Waals surface area (Å²) in [6.07, 6.45) is 3.14. The second-order valence-electron chi connectivity index (χ2n) is 6.19. The number of carbonyl (C=O) groups excluding carboxylic acids is 2. The van der Waals surface area contributed by atoms with E-state index >= 15 is 0 Å². The lowest BCUT2D eigenvalue weighted by Crippen LogP contribution is -2.35. The minimum atomic E-state index is -0.359. The molecule has 0 spiro atoms. The number of benzene rings is 1. The van der Waals surface area contributed by atoms with Crippen LogP contribution in [-0.4, -0.2) is 29.8 Å². The van der Waals surface area contributed by atoms with Crippen LogP contribution in [0.3, 0.4) is 0 Å². The molecular formula is C19H18ClN3O2S. The largest absolute Gasteiger partial charge is 0.338 e. The van der Waals surface area contributed by atoms with Gasteiger partial charge in [0.25, 0.3) is 11.8 Å². The van der Waals surface area contributed by atoms with Crippen LogP contribution in [0.4, 0.5) is 5.00 Å². The number of nitrogens with one attached hydrogen (secondary N) is 1. The molecule has 5 nitrogen and oxygen atoms in total. The Hall–Kier alpha value is -2.36. The van der Waals surface area contributed by atoms with Gasteiger partial charge in [-0.2, -0.15) is 5.26 Å². The van der Waals surface area contributed by atoms with Crippen LogP contribution in [0.25, 0.3) is 0 Å². The molecule has 134 valence electrons. The third-order valence-electron chi connectivity index (χ3n) is 4.41. The van der Waals surface area contributed by atoms with Crippen molar-refractivity contribution in [2.24, 2.45) is 0 Å². The van der Waals surface area contributed by atoms with Crippen molar-refractivity contribution in [1.29, 1.82) is 5.26 Å². The summed E-state index contributed by atoms with van der Waals surface area (Å²) in [6, 6.07) is 8.69. The van der Waals surface area contributed by atoms with Crippen LogP contribution < -0.4 is 5.32 Å². The number of piperidine rings is 1. The number of hydrogen-bond donors (Lipinski definition) is 1. The first-order valence-corrected chi connectivity index (χ1v) is 9.60. The highest BCUT2D eigenvalue weighted by Gasteiger charge is 2.26. The molecule has 0 radical (unpaired) electrons. The Bertz CT molecular complexity index is 895. The van der Waals surface area contributed by atoms with Gasteiger partial charge in [0, 0.05) is 23.7 Å². The predicted octanol–water partition coefficient (Wildman–Crippen LogP) is 4.46. The van der Waals surface area contributed by atoms with Gasteiger partial charge in [-0.15, -0.1) is 11.3 Å². The molecule has 0 saturated carbocycles. The van der Waals surface area contributed by atoms with Crippen LogP contribution in [0, 0.1) is 18.3 Å². The molecule has 0 unspecified atom stereocenters. The summed E-state index contributed by atoms with van der Waals surface area (Å²) in [4.78, 5) is 27.6. The van der Waals surface area contributed by atoms with Gasteiger partial charge >= 0.3 is 0 Å². The van der Waals surface area contributed by atoms with E-state index in [0.29, 0.717) is 31.6 Å². The second-order valence-corrected chi connectivity index (χ2v) is 7.65. The molecule has 1 aromatic carbocycles. The van der Waals surface area contributed by atoms with E-state index < -0.39 is 0 Å². The summed E-state index contributed by atoms with van der Waals surface area (Å²) in [5.74, 6) is -0.422. The number of likely N-dealkylation sites (tertiary alicyclic amines) is 1. The molecule has 1 aliphatic rings. The Balaban J connectivity index is 1.87. The summed E-state index contributed by atoms with van der Waals surface area (Å²) >= 11 is 7.09. The fourth-order valence-electron chi connectivity index (χ4n) is 2.99. The Labute approximate surface area is 161 Å². The van der Waals surface area contributed by atoms with Gasteiger partial charge in [0.2, 0.25) is 0 Å². The number of hydrogen-bond acceptors (Lipinski definition) is 4. The molecule has 2 heterocycles. The van der Waals surface area contributed by atoms with E-state index in [-0.39, 0.29) is 11.8 Å². The van der Waals surface area contributed by atoms with Crippen LogP contribution in [0.2, 0.25) is 5.02 Å². The molecule has 7 heteroatoms. The predicted molar refractivity (Wildman–Crippen MR) is 103 cm³/mol. The lowest BCUT2D eigenvalue weighted by Gasteiger charge is -2.26. The number of amides is 2. The number of anilines is 1. The summed E-state index contributed by atoms with van der Waals surface area (Å²) in [7, 11) is 0. The summed E-state index contributed by atoms with van der Waals surface area (Å²) < 4.78 is 0. The lowest BCUT2D eigenvalue weighted by atomic mass is 10.1. The van der Waals surface area contributed by atoms with Crippen molar-refractivity contribution in [3.05, 3.63) is 50.9 Å². The molecule has 0 bridgehead atoms. The van der Waals surface area contributed by atoms with Gasteiger partial charge in [-0.25, -0.2) is 0 Å². The van der Waals surface area contributed by atoms with Crippen LogP contribution in [0.15, 0.2) is 24.3 Å². The summed E-state index contributed by atoms with van der Waals surface area (Å²) in [6.45, 7) is 3.23. The van der Waals surface area contributed by atoms with Gasteiger partial charge in [0.15, 0.2) is 0 Å². The van der Waals surface area contributed by atoms with Crippen molar-refractivity contribution < 1.29 is 9.59 Å². The van der Waals surface area contributed by atoms with Gasteiger partial charge in [-0.3, -0.25) is 9.59 Å². The monoisotopic (exact) mass is 387 g/mol. The zero-order chi connectivity index (χ0) is 18.7. The fourth-order valence-corrected chi connectivity index (χ4v) is 4.30. The fraction of sp³-hybridized carbons (Fsp3) is 0.316. The first-order valence-electron chi connectivity index (χ1n) is 8.41. The maximum absolute atomic E-state index is 12.8. The van der Waals surface area contributed by atoms with Crippen LogP contribution in [0.5, 0.6) is 0 Å². The van der Waals surface area contributed by atoms with E-state index in [0.717, 1.165) is 43.7 Å². The minimum absolute atomic E-state index is 0.0630. The number of carbonyl (C=O) groups is 2. The van der Waals surface area contributed by atoms with Crippen molar-refractivity contribution in [3.63, 3.8) is 0 Å². The molecule has 1 aliphatic heterocycles. The standard InChI is InChI=1S/C19H18ClN3O2S/c1-12-15(11-21)18(22-17(24)13-6-5-7-14(20)10-13)26-16(12)19(25)23-8-3-2-4-9-23/h5-7,10H,2-4,8-9H2,1H3,(H,22,24). The number of rotatable bonds is 3. The molecule has 1 fully saturated rings. The van der Waals surface area contributed by atoms with Crippen molar-refractivity contribution in [1.82, 2.24) is 4.90 Å². The van der Waals surface area contributed by atoms with Crippen molar-refractivity contribution in [3.8, 4) is 6.07 Å². The highest BCUT2D eigenvalue weighted by Crippen LogP contribution is 2.34. The maximum atomic E-state index is 12.8. The molecule has 1 aromatic heterocycles. The van der Waals surface area contributed by atoms with Gasteiger partial charge in [0.1, 0.15) is 11.1 Å². The summed E-state index contributed by atoms with van der Waals surface area (Å²) in [5, 5.41) is 13.1. The maximum Gasteiger partial charge on any atom is 0.264 e. The van der Waals surface area contributed by atoms with Gasteiger partial charge in [-0.1, -0.05) is 17.7 Å². The average molecular weight is 388 g/mol. The van der Waals surface area contributed by atoms with E-state index in [9.17, 15) is 14.9 Å². The SMILES string of the molecule is Cc1c(C(=O)N2CCCCC2)sc(NC(=O)c2cccc(Cl)c2)c1C#N. The molecule has 1 N–H and O–H groups in total. The van der Waals surface area contributed by atoms with Crippen molar-refractivity contribution in [2.75, 3.05) is 18.4 Å². The Morgan fingerprint density at radius 2 is 2.00 bits per heavy atom. The molecular weight excluding hydrogens is 370 g/mol. The molecule has 1 saturated heterocycles. The highest BCUT2D eigenvalue weighted by atomic mass is 35.5. The van der Waals surface area contributed by atoms with Gasteiger partial charge in [0.05, 0.1) is 10.4 Å². The Morgan fingerprint density at radius 3 is 2.65 bits per heavy atom. The quantitative estimate of drug-likeness (QED) is 0.844.